The first-order valence-electron chi connectivity index (χ1n) is 2.87. The quantitative estimate of drug-likeness (QED) is 0.428. The number of ether oxygens (including phenoxy) is 1. The van der Waals surface area contributed by atoms with Gasteiger partial charge in [0, 0.05) is 10.3 Å². The van der Waals surface area contributed by atoms with Crippen LogP contribution in [0.3, 0.4) is 0 Å². The molecule has 0 aliphatic rings. The summed E-state index contributed by atoms with van der Waals surface area (Å²) >= 11 is 2.28. The molecule has 0 spiro atoms. The molecule has 0 radical (unpaired) electrons. The van der Waals surface area contributed by atoms with Gasteiger partial charge in [-0.2, -0.15) is 0 Å². The Morgan fingerprint density at radius 2 is 2.33 bits per heavy atom. The smallest absolute Gasteiger partial charge is 0.305 e. The van der Waals surface area contributed by atoms with Gasteiger partial charge in [0.25, 0.3) is 0 Å². The fourth-order valence-electron chi connectivity index (χ4n) is 0.419. The second-order valence-corrected chi connectivity index (χ2v) is 4.02. The number of rotatable bonds is 3. The van der Waals surface area contributed by atoms with Crippen molar-refractivity contribution in [2.45, 2.75) is 23.7 Å². The number of hydrogen-bond acceptors (Lipinski definition) is 2. The molecule has 0 aliphatic heterocycles. The molecule has 9 heavy (non-hydrogen) atoms. The zero-order valence-corrected chi connectivity index (χ0v) is 7.84. The standard InChI is InChI=1S/C6H11IO2/c1-5(7)3-4-6(8)9-2/h5H,3-4H2,1-2H3/t5-/m1/s1. The van der Waals surface area contributed by atoms with Crippen molar-refractivity contribution < 1.29 is 9.53 Å². The zero-order chi connectivity index (χ0) is 7.28. The Bertz CT molecular complexity index is 91.1. The Balaban J connectivity index is 3.17. The van der Waals surface area contributed by atoms with Crippen LogP contribution in [-0.4, -0.2) is 17.0 Å². The van der Waals surface area contributed by atoms with Gasteiger partial charge in [-0.25, -0.2) is 0 Å². The molecular formula is C6H11IO2. The van der Waals surface area contributed by atoms with Crippen LogP contribution < -0.4 is 0 Å². The van der Waals surface area contributed by atoms with Crippen LogP contribution in [0.2, 0.25) is 0 Å². The monoisotopic (exact) mass is 242 g/mol. The summed E-state index contributed by atoms with van der Waals surface area (Å²) in [6.45, 7) is 2.07. The lowest BCUT2D eigenvalue weighted by molar-refractivity contribution is -0.140. The summed E-state index contributed by atoms with van der Waals surface area (Å²) in [5.41, 5.74) is 0. The molecule has 0 amide bonds. The van der Waals surface area contributed by atoms with E-state index in [-0.39, 0.29) is 5.97 Å². The predicted octanol–water partition coefficient (Wildman–Crippen LogP) is 1.76. The minimum atomic E-state index is -0.112. The van der Waals surface area contributed by atoms with E-state index in [1.807, 2.05) is 0 Å². The average Bonchev–Trinajstić information content (AvgIpc) is 1.83. The molecule has 0 unspecified atom stereocenters. The highest BCUT2D eigenvalue weighted by molar-refractivity contribution is 14.1. The average molecular weight is 242 g/mol. The summed E-state index contributed by atoms with van der Waals surface area (Å²) in [5, 5.41) is 0. The predicted molar refractivity (Wildman–Crippen MR) is 44.7 cm³/mol. The highest BCUT2D eigenvalue weighted by Gasteiger charge is 2.01. The maximum Gasteiger partial charge on any atom is 0.305 e. The van der Waals surface area contributed by atoms with Gasteiger partial charge in [-0.1, -0.05) is 29.5 Å². The molecule has 0 aromatic heterocycles. The highest BCUT2D eigenvalue weighted by Crippen LogP contribution is 2.06. The van der Waals surface area contributed by atoms with E-state index >= 15 is 0 Å². The maximum atomic E-state index is 10.5. The van der Waals surface area contributed by atoms with E-state index in [9.17, 15) is 4.79 Å². The summed E-state index contributed by atoms with van der Waals surface area (Å²) in [6, 6.07) is 0. The normalized spacial score (nSPS) is 12.8. The molecule has 0 N–H and O–H groups in total. The molecule has 0 aromatic rings. The van der Waals surface area contributed by atoms with Gasteiger partial charge in [0.15, 0.2) is 0 Å². The highest BCUT2D eigenvalue weighted by atomic mass is 127. The minimum absolute atomic E-state index is 0.112. The molecule has 0 saturated heterocycles. The van der Waals surface area contributed by atoms with Gasteiger partial charge in [-0.3, -0.25) is 4.79 Å². The lowest BCUT2D eigenvalue weighted by atomic mass is 10.2. The lowest BCUT2D eigenvalue weighted by Gasteiger charge is -1.99. The summed E-state index contributed by atoms with van der Waals surface area (Å²) in [5.74, 6) is -0.112. The Kier molecular flexibility index (Phi) is 5.13. The third-order valence-electron chi connectivity index (χ3n) is 0.974. The van der Waals surface area contributed by atoms with E-state index in [2.05, 4.69) is 34.3 Å². The first kappa shape index (κ1) is 9.20. The molecule has 0 aliphatic carbocycles. The summed E-state index contributed by atoms with van der Waals surface area (Å²) in [4.78, 5) is 10.5. The van der Waals surface area contributed by atoms with E-state index in [1.54, 1.807) is 0 Å². The molecule has 3 heteroatoms. The number of halogens is 1. The van der Waals surface area contributed by atoms with Crippen LogP contribution >= 0.6 is 22.6 Å². The van der Waals surface area contributed by atoms with Crippen molar-refractivity contribution in [3.63, 3.8) is 0 Å². The van der Waals surface area contributed by atoms with Crippen molar-refractivity contribution in [2.75, 3.05) is 7.11 Å². The van der Waals surface area contributed by atoms with Crippen LogP contribution in [-0.2, 0) is 9.53 Å². The fraction of sp³-hybridized carbons (Fsp3) is 0.833. The van der Waals surface area contributed by atoms with Crippen molar-refractivity contribution in [1.29, 1.82) is 0 Å². The molecule has 2 nitrogen and oxygen atoms in total. The van der Waals surface area contributed by atoms with Crippen LogP contribution in [0.25, 0.3) is 0 Å². The second-order valence-electron chi connectivity index (χ2n) is 1.90. The first-order chi connectivity index (χ1) is 4.16. The third kappa shape index (κ3) is 6.08. The third-order valence-corrected chi connectivity index (χ3v) is 1.60. The van der Waals surface area contributed by atoms with E-state index in [1.165, 1.54) is 7.11 Å². The summed E-state index contributed by atoms with van der Waals surface area (Å²) < 4.78 is 5.02. The van der Waals surface area contributed by atoms with Crippen molar-refractivity contribution in [3.05, 3.63) is 0 Å². The molecule has 54 valence electrons. The number of carbonyl (C=O) groups is 1. The lowest BCUT2D eigenvalue weighted by Crippen LogP contribution is -2.02. The molecule has 0 heterocycles. The minimum Gasteiger partial charge on any atom is -0.469 e. The maximum absolute atomic E-state index is 10.5. The van der Waals surface area contributed by atoms with Crippen LogP contribution in [0.1, 0.15) is 19.8 Å². The molecular weight excluding hydrogens is 231 g/mol. The van der Waals surface area contributed by atoms with Gasteiger partial charge in [-0.05, 0) is 6.42 Å². The van der Waals surface area contributed by atoms with Crippen molar-refractivity contribution in [3.8, 4) is 0 Å². The molecule has 1 atom stereocenters. The van der Waals surface area contributed by atoms with E-state index in [4.69, 9.17) is 0 Å². The molecule has 0 fully saturated rings. The van der Waals surface area contributed by atoms with Crippen molar-refractivity contribution in [2.24, 2.45) is 0 Å². The molecule has 0 saturated carbocycles. The van der Waals surface area contributed by atoms with Gasteiger partial charge in [0.05, 0.1) is 7.11 Å². The van der Waals surface area contributed by atoms with Gasteiger partial charge in [-0.15, -0.1) is 0 Å². The number of methoxy groups -OCH3 is 1. The van der Waals surface area contributed by atoms with E-state index < -0.39 is 0 Å². The van der Waals surface area contributed by atoms with Gasteiger partial charge >= 0.3 is 5.97 Å². The van der Waals surface area contributed by atoms with Crippen LogP contribution in [0.5, 0.6) is 0 Å². The zero-order valence-electron chi connectivity index (χ0n) is 5.69. The largest absolute Gasteiger partial charge is 0.469 e. The van der Waals surface area contributed by atoms with E-state index in [0.717, 1.165) is 6.42 Å². The van der Waals surface area contributed by atoms with Gasteiger partial charge in [0.1, 0.15) is 0 Å². The molecule has 0 rings (SSSR count). The van der Waals surface area contributed by atoms with Crippen molar-refractivity contribution in [1.82, 2.24) is 0 Å². The second kappa shape index (κ2) is 5.02. The Hall–Kier alpha value is 0.200. The van der Waals surface area contributed by atoms with Crippen molar-refractivity contribution >= 4 is 28.6 Å². The summed E-state index contributed by atoms with van der Waals surface area (Å²) in [7, 11) is 1.42. The SMILES string of the molecule is COC(=O)CC[C@@H](C)I. The first-order valence-corrected chi connectivity index (χ1v) is 4.12. The number of esters is 1. The number of alkyl halides is 1. The van der Waals surface area contributed by atoms with Gasteiger partial charge in [0.2, 0.25) is 0 Å². The van der Waals surface area contributed by atoms with Crippen LogP contribution in [0, 0.1) is 0 Å². The van der Waals surface area contributed by atoms with Gasteiger partial charge < -0.3 is 4.74 Å². The Labute approximate surface area is 69.1 Å². The topological polar surface area (TPSA) is 26.3 Å². The van der Waals surface area contributed by atoms with Crippen LogP contribution in [0.15, 0.2) is 0 Å². The molecule has 0 aromatic carbocycles. The Morgan fingerprint density at radius 1 is 1.78 bits per heavy atom. The number of hydrogen-bond donors (Lipinski definition) is 0. The van der Waals surface area contributed by atoms with E-state index in [0.29, 0.717) is 10.3 Å². The number of carbonyl (C=O) groups excluding carboxylic acids is 1. The van der Waals surface area contributed by atoms with Crippen LogP contribution in [0.4, 0.5) is 0 Å². The fourth-order valence-corrected chi connectivity index (χ4v) is 0.730. The Morgan fingerprint density at radius 3 is 2.67 bits per heavy atom. The summed E-state index contributed by atoms with van der Waals surface area (Å²) in [6.07, 6.45) is 1.45. The molecule has 0 bridgehead atoms.